The Morgan fingerprint density at radius 2 is 1.71 bits per heavy atom. The molecule has 2 atom stereocenters. The lowest BCUT2D eigenvalue weighted by molar-refractivity contribution is -0.272. The van der Waals surface area contributed by atoms with Crippen LogP contribution in [0, 0.1) is 5.92 Å². The summed E-state index contributed by atoms with van der Waals surface area (Å²) in [6, 6.07) is 5.55. The molecule has 8 nitrogen and oxygen atoms in total. The Morgan fingerprint density at radius 3 is 2.16 bits per heavy atom. The predicted molar refractivity (Wildman–Crippen MR) is 119 cm³/mol. The highest BCUT2D eigenvalue weighted by Gasteiger charge is 2.31. The molecule has 0 aliphatic carbocycles. The highest BCUT2D eigenvalue weighted by atomic mass is 16.5. The van der Waals surface area contributed by atoms with Crippen molar-refractivity contribution < 1.29 is 24.2 Å². The molecule has 1 rings (SSSR count). The maximum atomic E-state index is 12.7. The van der Waals surface area contributed by atoms with Crippen molar-refractivity contribution in [1.82, 2.24) is 10.2 Å². The third-order valence-electron chi connectivity index (χ3n) is 4.58. The summed E-state index contributed by atoms with van der Waals surface area (Å²) in [4.78, 5) is 37.6. The number of benzene rings is 1. The van der Waals surface area contributed by atoms with Crippen molar-refractivity contribution in [3.8, 4) is 5.75 Å². The van der Waals surface area contributed by atoms with E-state index in [4.69, 9.17) is 4.74 Å². The van der Waals surface area contributed by atoms with Gasteiger partial charge in [-0.25, -0.2) is 0 Å². The zero-order valence-corrected chi connectivity index (χ0v) is 19.4. The maximum absolute atomic E-state index is 12.7. The SMILES string of the molecule is COc1ccc(NC(=O)/C=C/[C@H](CC(C)C)NC(=O)[C@H](C)N(C(=O)[O-])C(C)(C)C)cc1. The van der Waals surface area contributed by atoms with Crippen molar-refractivity contribution in [2.24, 2.45) is 5.92 Å². The first-order chi connectivity index (χ1) is 14.3. The van der Waals surface area contributed by atoms with Crippen LogP contribution in [0.2, 0.25) is 0 Å². The second-order valence-electron chi connectivity index (χ2n) is 8.80. The fraction of sp³-hybridized carbons (Fsp3) is 0.522. The van der Waals surface area contributed by atoms with E-state index in [1.165, 1.54) is 13.0 Å². The summed E-state index contributed by atoms with van der Waals surface area (Å²) in [7, 11) is 1.56. The first-order valence-corrected chi connectivity index (χ1v) is 10.3. The van der Waals surface area contributed by atoms with Gasteiger partial charge >= 0.3 is 0 Å². The molecule has 1 aromatic rings. The van der Waals surface area contributed by atoms with Gasteiger partial charge in [0.1, 0.15) is 17.9 Å². The summed E-state index contributed by atoms with van der Waals surface area (Å²) in [5, 5.41) is 17.1. The number of anilines is 1. The van der Waals surface area contributed by atoms with Crippen molar-refractivity contribution in [1.29, 1.82) is 0 Å². The summed E-state index contributed by atoms with van der Waals surface area (Å²) in [5.74, 6) is 0.134. The van der Waals surface area contributed by atoms with Gasteiger partial charge < -0.3 is 30.2 Å². The number of ether oxygens (including phenoxy) is 1. The van der Waals surface area contributed by atoms with Crippen LogP contribution >= 0.6 is 0 Å². The lowest BCUT2D eigenvalue weighted by atomic mass is 10.0. The molecular formula is C23H34N3O5-. The second kappa shape index (κ2) is 11.4. The van der Waals surface area contributed by atoms with Gasteiger partial charge in [-0.1, -0.05) is 19.9 Å². The molecule has 0 aliphatic heterocycles. The Labute approximate surface area is 184 Å². The average molecular weight is 433 g/mol. The van der Waals surface area contributed by atoms with Crippen LogP contribution in [-0.4, -0.2) is 47.5 Å². The molecule has 8 heteroatoms. The molecule has 3 amide bonds. The third kappa shape index (κ3) is 8.70. The smallest absolute Gasteiger partial charge is 0.248 e. The molecule has 0 heterocycles. The van der Waals surface area contributed by atoms with Gasteiger partial charge in [-0.15, -0.1) is 0 Å². The van der Waals surface area contributed by atoms with Crippen LogP contribution in [-0.2, 0) is 9.59 Å². The minimum atomic E-state index is -1.41. The van der Waals surface area contributed by atoms with Gasteiger partial charge in [0.15, 0.2) is 0 Å². The molecule has 1 aromatic carbocycles. The average Bonchev–Trinajstić information content (AvgIpc) is 2.64. The van der Waals surface area contributed by atoms with Crippen LogP contribution in [0.25, 0.3) is 0 Å². The Kier molecular flexibility index (Phi) is 9.55. The Balaban J connectivity index is 2.86. The van der Waals surface area contributed by atoms with Crippen molar-refractivity contribution >= 4 is 23.6 Å². The number of carboxylic acid groups (broad SMARTS) is 1. The Morgan fingerprint density at radius 1 is 1.13 bits per heavy atom. The molecule has 0 spiro atoms. The quantitative estimate of drug-likeness (QED) is 0.583. The standard InChI is InChI=1S/C23H35N3O5/c1-15(2)14-18(25-21(28)16(3)26(22(29)30)23(4,5)6)10-13-20(27)24-17-8-11-19(31-7)12-9-17/h8-13,15-16,18H,14H2,1-7H3,(H,24,27)(H,25,28)(H,29,30)/p-1/b13-10+/t16-,18+/m0/s1. The van der Waals surface area contributed by atoms with E-state index in [0.29, 0.717) is 17.9 Å². The zero-order valence-electron chi connectivity index (χ0n) is 19.4. The van der Waals surface area contributed by atoms with Crippen LogP contribution in [0.3, 0.4) is 0 Å². The number of carbonyl (C=O) groups is 3. The van der Waals surface area contributed by atoms with Gasteiger partial charge in [0, 0.05) is 23.3 Å². The fourth-order valence-corrected chi connectivity index (χ4v) is 3.19. The Hall–Kier alpha value is -3.03. The van der Waals surface area contributed by atoms with Gasteiger partial charge in [0.2, 0.25) is 11.8 Å². The first-order valence-electron chi connectivity index (χ1n) is 10.3. The van der Waals surface area contributed by atoms with Gasteiger partial charge in [-0.3, -0.25) is 9.59 Å². The van der Waals surface area contributed by atoms with Gasteiger partial charge in [0.25, 0.3) is 0 Å². The monoisotopic (exact) mass is 432 g/mol. The molecule has 0 fully saturated rings. The molecule has 0 radical (unpaired) electrons. The van der Waals surface area contributed by atoms with Crippen molar-refractivity contribution in [3.63, 3.8) is 0 Å². The molecule has 0 aromatic heterocycles. The first kappa shape index (κ1) is 26.0. The Bertz CT molecular complexity index is 781. The van der Waals surface area contributed by atoms with Crippen LogP contribution < -0.4 is 20.5 Å². The van der Waals surface area contributed by atoms with Crippen molar-refractivity contribution in [3.05, 3.63) is 36.4 Å². The highest BCUT2D eigenvalue weighted by Crippen LogP contribution is 2.18. The molecule has 0 unspecified atom stereocenters. The van der Waals surface area contributed by atoms with E-state index in [2.05, 4.69) is 10.6 Å². The number of carbonyl (C=O) groups excluding carboxylic acids is 3. The molecule has 0 bridgehead atoms. The number of hydrogen-bond donors (Lipinski definition) is 2. The zero-order chi connectivity index (χ0) is 23.8. The number of nitrogens with one attached hydrogen (secondary N) is 2. The topological polar surface area (TPSA) is 111 Å². The molecule has 31 heavy (non-hydrogen) atoms. The van der Waals surface area contributed by atoms with E-state index in [-0.39, 0.29) is 11.8 Å². The van der Waals surface area contributed by atoms with E-state index < -0.39 is 29.6 Å². The summed E-state index contributed by atoms with van der Waals surface area (Å²) in [6.45, 7) is 10.6. The van der Waals surface area contributed by atoms with Gasteiger partial charge in [-0.05, 0) is 64.3 Å². The minimum Gasteiger partial charge on any atom is -0.530 e. The molecule has 0 aliphatic rings. The number of rotatable bonds is 9. The predicted octanol–water partition coefficient (Wildman–Crippen LogP) is 2.55. The number of methoxy groups -OCH3 is 1. The summed E-state index contributed by atoms with van der Waals surface area (Å²) in [5.41, 5.74) is -0.180. The van der Waals surface area contributed by atoms with Crippen LogP contribution in [0.15, 0.2) is 36.4 Å². The van der Waals surface area contributed by atoms with Gasteiger partial charge in [-0.2, -0.15) is 0 Å². The minimum absolute atomic E-state index is 0.245. The molecule has 172 valence electrons. The fourth-order valence-electron chi connectivity index (χ4n) is 3.19. The molecule has 0 saturated heterocycles. The van der Waals surface area contributed by atoms with Crippen molar-refractivity contribution in [2.75, 3.05) is 12.4 Å². The van der Waals surface area contributed by atoms with Gasteiger partial charge in [0.05, 0.1) is 7.11 Å². The molecule has 2 N–H and O–H groups in total. The lowest BCUT2D eigenvalue weighted by Crippen LogP contribution is -2.60. The molecule has 0 saturated carbocycles. The second-order valence-corrected chi connectivity index (χ2v) is 8.80. The third-order valence-corrected chi connectivity index (χ3v) is 4.58. The normalized spacial score (nSPS) is 13.5. The number of amides is 3. The summed E-state index contributed by atoms with van der Waals surface area (Å²) in [6.07, 6.45) is 2.16. The maximum Gasteiger partial charge on any atom is 0.248 e. The van der Waals surface area contributed by atoms with Crippen LogP contribution in [0.4, 0.5) is 10.5 Å². The molecular weight excluding hydrogens is 398 g/mol. The van der Waals surface area contributed by atoms with E-state index in [1.807, 2.05) is 13.8 Å². The van der Waals surface area contributed by atoms with E-state index in [0.717, 1.165) is 4.90 Å². The van der Waals surface area contributed by atoms with E-state index in [1.54, 1.807) is 58.2 Å². The van der Waals surface area contributed by atoms with Crippen molar-refractivity contribution in [2.45, 2.75) is 65.6 Å². The lowest BCUT2D eigenvalue weighted by Gasteiger charge is -2.41. The number of nitrogens with zero attached hydrogens (tertiary/aromatic N) is 1. The van der Waals surface area contributed by atoms with E-state index >= 15 is 0 Å². The highest BCUT2D eigenvalue weighted by molar-refractivity contribution is 5.99. The largest absolute Gasteiger partial charge is 0.530 e. The summed E-state index contributed by atoms with van der Waals surface area (Å²) >= 11 is 0. The van der Waals surface area contributed by atoms with Crippen LogP contribution in [0.5, 0.6) is 5.75 Å². The summed E-state index contributed by atoms with van der Waals surface area (Å²) < 4.78 is 5.09. The number of hydrogen-bond acceptors (Lipinski definition) is 5. The van der Waals surface area contributed by atoms with E-state index in [9.17, 15) is 19.5 Å². The van der Waals surface area contributed by atoms with Crippen LogP contribution in [0.1, 0.15) is 48.0 Å².